The highest BCUT2D eigenvalue weighted by Crippen LogP contribution is 2.22. The van der Waals surface area contributed by atoms with Gasteiger partial charge in [0.25, 0.3) is 0 Å². The lowest BCUT2D eigenvalue weighted by molar-refractivity contribution is -0.147. The molecule has 0 spiro atoms. The lowest BCUT2D eigenvalue weighted by Gasteiger charge is -2.23. The number of esters is 1. The van der Waals surface area contributed by atoms with E-state index in [0.717, 1.165) is 0 Å². The highest BCUT2D eigenvalue weighted by molar-refractivity contribution is 5.90. The van der Waals surface area contributed by atoms with Crippen LogP contribution in [-0.4, -0.2) is 35.7 Å². The van der Waals surface area contributed by atoms with Crippen LogP contribution in [0.5, 0.6) is 0 Å². The number of pyridine rings is 1. The molecule has 6 nitrogen and oxygen atoms in total. The Kier molecular flexibility index (Phi) is 4.86. The molecule has 0 aliphatic carbocycles. The molecule has 0 aromatic carbocycles. The van der Waals surface area contributed by atoms with Gasteiger partial charge in [0.2, 0.25) is 0 Å². The van der Waals surface area contributed by atoms with E-state index in [-0.39, 0.29) is 6.54 Å². The Labute approximate surface area is 111 Å². The predicted octanol–water partition coefficient (Wildman–Crippen LogP) is 1.78. The SMILES string of the molecule is CCC(C)(CNc1cc(C(=O)OC)ccn1)C(=O)O. The van der Waals surface area contributed by atoms with E-state index in [9.17, 15) is 9.59 Å². The number of aliphatic carboxylic acids is 1. The second-order valence-corrected chi connectivity index (χ2v) is 4.49. The van der Waals surface area contributed by atoms with Crippen molar-refractivity contribution >= 4 is 17.8 Å². The zero-order chi connectivity index (χ0) is 14.5. The van der Waals surface area contributed by atoms with Gasteiger partial charge in [0.05, 0.1) is 18.1 Å². The maximum atomic E-state index is 11.4. The number of ether oxygens (including phenoxy) is 1. The van der Waals surface area contributed by atoms with E-state index in [4.69, 9.17) is 5.11 Å². The third-order valence-electron chi connectivity index (χ3n) is 3.14. The first kappa shape index (κ1) is 14.9. The molecule has 1 aromatic rings. The van der Waals surface area contributed by atoms with Gasteiger partial charge in [0, 0.05) is 12.7 Å². The van der Waals surface area contributed by atoms with Crippen LogP contribution in [0.1, 0.15) is 30.6 Å². The summed E-state index contributed by atoms with van der Waals surface area (Å²) in [6, 6.07) is 3.07. The van der Waals surface area contributed by atoms with Gasteiger partial charge in [-0.05, 0) is 25.5 Å². The fourth-order valence-electron chi connectivity index (χ4n) is 1.41. The van der Waals surface area contributed by atoms with Crippen LogP contribution in [0.3, 0.4) is 0 Å². The van der Waals surface area contributed by atoms with E-state index in [1.807, 2.05) is 6.92 Å². The van der Waals surface area contributed by atoms with Crippen LogP contribution in [0.2, 0.25) is 0 Å². The van der Waals surface area contributed by atoms with Crippen molar-refractivity contribution in [2.45, 2.75) is 20.3 Å². The van der Waals surface area contributed by atoms with Crippen molar-refractivity contribution in [1.29, 1.82) is 0 Å². The Balaban J connectivity index is 2.78. The summed E-state index contributed by atoms with van der Waals surface area (Å²) in [7, 11) is 1.30. The summed E-state index contributed by atoms with van der Waals surface area (Å²) in [5.41, 5.74) is -0.503. The molecule has 1 aromatic heterocycles. The number of carboxylic acids is 1. The van der Waals surface area contributed by atoms with Gasteiger partial charge in [-0.1, -0.05) is 6.92 Å². The molecule has 0 fully saturated rings. The Bertz CT molecular complexity index is 475. The first-order chi connectivity index (χ1) is 8.92. The van der Waals surface area contributed by atoms with Crippen molar-refractivity contribution in [3.8, 4) is 0 Å². The van der Waals surface area contributed by atoms with Crippen molar-refractivity contribution in [2.75, 3.05) is 19.0 Å². The van der Waals surface area contributed by atoms with Gasteiger partial charge in [0.1, 0.15) is 5.82 Å². The van der Waals surface area contributed by atoms with Crippen LogP contribution < -0.4 is 5.32 Å². The number of carbonyl (C=O) groups excluding carboxylic acids is 1. The summed E-state index contributed by atoms with van der Waals surface area (Å²) in [6.07, 6.45) is 1.96. The number of rotatable bonds is 6. The molecular formula is C13H18N2O4. The predicted molar refractivity (Wildman–Crippen MR) is 70.1 cm³/mol. The van der Waals surface area contributed by atoms with Crippen molar-refractivity contribution in [3.05, 3.63) is 23.9 Å². The van der Waals surface area contributed by atoms with Gasteiger partial charge >= 0.3 is 11.9 Å². The number of carbonyl (C=O) groups is 2. The lowest BCUT2D eigenvalue weighted by atomic mass is 9.88. The van der Waals surface area contributed by atoms with Crippen LogP contribution in [0.25, 0.3) is 0 Å². The molecule has 0 saturated carbocycles. The highest BCUT2D eigenvalue weighted by Gasteiger charge is 2.30. The second-order valence-electron chi connectivity index (χ2n) is 4.49. The normalized spacial score (nSPS) is 13.4. The van der Waals surface area contributed by atoms with Crippen molar-refractivity contribution in [2.24, 2.45) is 5.41 Å². The maximum absolute atomic E-state index is 11.4. The summed E-state index contributed by atoms with van der Waals surface area (Å²) in [5, 5.41) is 12.1. The topological polar surface area (TPSA) is 88.5 Å². The van der Waals surface area contributed by atoms with Crippen molar-refractivity contribution in [1.82, 2.24) is 4.98 Å². The summed E-state index contributed by atoms with van der Waals surface area (Å²) < 4.78 is 4.61. The van der Waals surface area contributed by atoms with E-state index in [1.54, 1.807) is 6.92 Å². The number of nitrogens with zero attached hydrogens (tertiary/aromatic N) is 1. The lowest BCUT2D eigenvalue weighted by Crippen LogP contribution is -2.34. The molecular weight excluding hydrogens is 248 g/mol. The van der Waals surface area contributed by atoms with E-state index in [2.05, 4.69) is 15.0 Å². The fraction of sp³-hybridized carbons (Fsp3) is 0.462. The van der Waals surface area contributed by atoms with Gasteiger partial charge in [0.15, 0.2) is 0 Å². The fourth-order valence-corrected chi connectivity index (χ4v) is 1.41. The average Bonchev–Trinajstić information content (AvgIpc) is 2.43. The molecule has 0 saturated heterocycles. The molecule has 0 aliphatic heterocycles. The summed E-state index contributed by atoms with van der Waals surface area (Å²) in [5.74, 6) is -0.877. The number of carboxylic acid groups (broad SMARTS) is 1. The van der Waals surface area contributed by atoms with E-state index in [0.29, 0.717) is 17.8 Å². The quantitative estimate of drug-likeness (QED) is 0.763. The van der Waals surface area contributed by atoms with Crippen LogP contribution in [-0.2, 0) is 9.53 Å². The monoisotopic (exact) mass is 266 g/mol. The van der Waals surface area contributed by atoms with Gasteiger partial charge < -0.3 is 15.2 Å². The van der Waals surface area contributed by atoms with Crippen molar-refractivity contribution < 1.29 is 19.4 Å². The number of nitrogens with one attached hydrogen (secondary N) is 1. The number of hydrogen-bond acceptors (Lipinski definition) is 5. The van der Waals surface area contributed by atoms with E-state index >= 15 is 0 Å². The number of hydrogen-bond donors (Lipinski definition) is 2. The molecule has 0 radical (unpaired) electrons. The molecule has 0 aliphatic rings. The molecule has 1 unspecified atom stereocenters. The minimum absolute atomic E-state index is 0.233. The largest absolute Gasteiger partial charge is 0.481 e. The van der Waals surface area contributed by atoms with Gasteiger partial charge in [-0.25, -0.2) is 9.78 Å². The maximum Gasteiger partial charge on any atom is 0.338 e. The highest BCUT2D eigenvalue weighted by atomic mass is 16.5. The zero-order valence-electron chi connectivity index (χ0n) is 11.3. The number of methoxy groups -OCH3 is 1. The molecule has 0 amide bonds. The number of aromatic nitrogens is 1. The average molecular weight is 266 g/mol. The van der Waals surface area contributed by atoms with Crippen LogP contribution in [0.15, 0.2) is 18.3 Å². The third-order valence-corrected chi connectivity index (χ3v) is 3.14. The minimum Gasteiger partial charge on any atom is -0.481 e. The van der Waals surface area contributed by atoms with E-state index in [1.165, 1.54) is 25.4 Å². The third kappa shape index (κ3) is 3.67. The molecule has 6 heteroatoms. The van der Waals surface area contributed by atoms with Crippen LogP contribution in [0, 0.1) is 5.41 Å². The van der Waals surface area contributed by atoms with Crippen LogP contribution >= 0.6 is 0 Å². The molecule has 104 valence electrons. The Morgan fingerprint density at radius 1 is 1.53 bits per heavy atom. The van der Waals surface area contributed by atoms with Gasteiger partial charge in [-0.15, -0.1) is 0 Å². The van der Waals surface area contributed by atoms with Gasteiger partial charge in [-0.2, -0.15) is 0 Å². The number of anilines is 1. The zero-order valence-corrected chi connectivity index (χ0v) is 11.3. The first-order valence-corrected chi connectivity index (χ1v) is 5.94. The molecule has 0 bridgehead atoms. The Morgan fingerprint density at radius 3 is 2.74 bits per heavy atom. The second kappa shape index (κ2) is 6.17. The standard InChI is InChI=1S/C13H18N2O4/c1-4-13(2,12(17)18)8-15-10-7-9(5-6-14-10)11(16)19-3/h5-7H,4,8H2,1-3H3,(H,14,15)(H,17,18). The molecule has 19 heavy (non-hydrogen) atoms. The Morgan fingerprint density at radius 2 is 2.21 bits per heavy atom. The summed E-state index contributed by atoms with van der Waals surface area (Å²) in [6.45, 7) is 3.71. The summed E-state index contributed by atoms with van der Waals surface area (Å²) >= 11 is 0. The minimum atomic E-state index is -0.872. The van der Waals surface area contributed by atoms with Gasteiger partial charge in [-0.3, -0.25) is 4.79 Å². The Hall–Kier alpha value is -2.11. The molecule has 1 heterocycles. The summed E-state index contributed by atoms with van der Waals surface area (Å²) in [4.78, 5) is 26.6. The van der Waals surface area contributed by atoms with Crippen LogP contribution in [0.4, 0.5) is 5.82 Å². The smallest absolute Gasteiger partial charge is 0.338 e. The van der Waals surface area contributed by atoms with E-state index < -0.39 is 17.4 Å². The molecule has 2 N–H and O–H groups in total. The first-order valence-electron chi connectivity index (χ1n) is 5.94. The van der Waals surface area contributed by atoms with Crippen molar-refractivity contribution in [3.63, 3.8) is 0 Å². The molecule has 1 atom stereocenters. The molecule has 1 rings (SSSR count).